The number of carbonyl (C=O) groups excluding carboxylic acids is 1. The van der Waals surface area contributed by atoms with Crippen LogP contribution in [0.3, 0.4) is 0 Å². The summed E-state index contributed by atoms with van der Waals surface area (Å²) in [6.45, 7) is 5.03. The van der Waals surface area contributed by atoms with E-state index >= 15 is 0 Å². The van der Waals surface area contributed by atoms with E-state index in [1.165, 1.54) is 26.5 Å². The Hall–Kier alpha value is -3.61. The highest BCUT2D eigenvalue weighted by molar-refractivity contribution is 6.02. The van der Waals surface area contributed by atoms with Gasteiger partial charge < -0.3 is 19.6 Å². The number of aromatic nitrogens is 1. The van der Waals surface area contributed by atoms with Gasteiger partial charge in [0.25, 0.3) is 5.91 Å². The highest BCUT2D eigenvalue weighted by Gasteiger charge is 2.39. The van der Waals surface area contributed by atoms with Gasteiger partial charge in [-0.05, 0) is 44.0 Å². The molecule has 0 bridgehead atoms. The quantitative estimate of drug-likeness (QED) is 0.661. The van der Waals surface area contributed by atoms with Gasteiger partial charge in [-0.15, -0.1) is 0 Å². The maximum atomic E-state index is 13.2. The first-order valence-electron chi connectivity index (χ1n) is 8.98. The molecular weight excluding hydrogens is 372 g/mol. The van der Waals surface area contributed by atoms with Gasteiger partial charge in [0, 0.05) is 11.1 Å². The predicted octanol–water partition coefficient (Wildman–Crippen LogP) is 3.70. The molecule has 7 heteroatoms. The minimum absolute atomic E-state index is 0.0800. The molecule has 0 aliphatic carbocycles. The number of nitrogens with zero attached hydrogens (tertiary/aromatic N) is 1. The first-order valence-corrected chi connectivity index (χ1v) is 8.98. The molecule has 3 rings (SSSR count). The molecule has 2 aromatic heterocycles. The molecule has 0 aliphatic rings. The van der Waals surface area contributed by atoms with Gasteiger partial charge in [-0.25, -0.2) is 9.78 Å². The summed E-state index contributed by atoms with van der Waals surface area (Å²) in [6.07, 6.45) is 2.93. The van der Waals surface area contributed by atoms with Crippen LogP contribution >= 0.6 is 0 Å². The van der Waals surface area contributed by atoms with Crippen molar-refractivity contribution in [2.45, 2.75) is 26.3 Å². The van der Waals surface area contributed by atoms with E-state index in [-0.39, 0.29) is 5.69 Å². The number of pyridine rings is 1. The fourth-order valence-corrected chi connectivity index (χ4v) is 3.26. The lowest BCUT2D eigenvalue weighted by atomic mass is 9.88. The van der Waals surface area contributed by atoms with Gasteiger partial charge in [-0.3, -0.25) is 4.79 Å². The smallest absolute Gasteiger partial charge is 0.333 e. The third-order valence-electron chi connectivity index (χ3n) is 4.94. The highest BCUT2D eigenvalue weighted by Crippen LogP contribution is 2.31. The van der Waals surface area contributed by atoms with Crippen LogP contribution in [-0.4, -0.2) is 29.1 Å². The van der Waals surface area contributed by atoms with Gasteiger partial charge in [0.05, 0.1) is 19.6 Å². The molecule has 7 nitrogen and oxygen atoms in total. The Morgan fingerprint density at radius 1 is 1.17 bits per heavy atom. The van der Waals surface area contributed by atoms with Crippen molar-refractivity contribution >= 4 is 11.9 Å². The molecule has 3 aromatic rings. The number of hydrogen-bond acceptors (Lipinski definition) is 5. The largest absolute Gasteiger partial charge is 0.495 e. The van der Waals surface area contributed by atoms with Crippen LogP contribution in [0.15, 0.2) is 53.3 Å². The second kappa shape index (κ2) is 7.79. The lowest BCUT2D eigenvalue weighted by Crippen LogP contribution is -2.50. The standard InChI is InChI=1S/C22H22N2O5/c1-13-7-5-6-8-18(13)22(3,21(26)27)24-20(25)19-17(11-15(28-4)12-23-19)16-9-10-29-14(16)2/h5-12H,1-4H3,(H,24,25)(H,26,27)/t22-/m0/s1. The molecular formula is C22H22N2O5. The minimum atomic E-state index is -1.63. The van der Waals surface area contributed by atoms with Gasteiger partial charge in [-0.1, -0.05) is 24.3 Å². The molecule has 1 amide bonds. The normalized spacial score (nSPS) is 12.8. The van der Waals surface area contributed by atoms with Crippen LogP contribution in [0.5, 0.6) is 5.75 Å². The van der Waals surface area contributed by atoms with Crippen LogP contribution in [0.25, 0.3) is 11.1 Å². The Kier molecular flexibility index (Phi) is 5.41. The number of rotatable bonds is 6. The topological polar surface area (TPSA) is 102 Å². The number of methoxy groups -OCH3 is 1. The number of aliphatic carboxylic acids is 1. The van der Waals surface area contributed by atoms with Gasteiger partial charge in [0.2, 0.25) is 0 Å². The number of carbonyl (C=O) groups is 2. The first kappa shape index (κ1) is 20.1. The first-order chi connectivity index (χ1) is 13.8. The second-order valence-corrected chi connectivity index (χ2v) is 6.86. The Bertz CT molecular complexity index is 1070. The second-order valence-electron chi connectivity index (χ2n) is 6.86. The third kappa shape index (κ3) is 3.71. The number of nitrogens with one attached hydrogen (secondary N) is 1. The molecule has 2 heterocycles. The maximum absolute atomic E-state index is 13.2. The zero-order valence-electron chi connectivity index (χ0n) is 16.6. The molecule has 2 N–H and O–H groups in total. The molecule has 0 saturated carbocycles. The zero-order valence-corrected chi connectivity index (χ0v) is 16.6. The van der Waals surface area contributed by atoms with Crippen LogP contribution in [0.2, 0.25) is 0 Å². The fourth-order valence-electron chi connectivity index (χ4n) is 3.26. The summed E-state index contributed by atoms with van der Waals surface area (Å²) in [5, 5.41) is 12.6. The highest BCUT2D eigenvalue weighted by atomic mass is 16.5. The van der Waals surface area contributed by atoms with E-state index in [0.717, 1.165) is 5.56 Å². The van der Waals surface area contributed by atoms with Crippen molar-refractivity contribution in [2.24, 2.45) is 0 Å². The van der Waals surface area contributed by atoms with E-state index in [1.54, 1.807) is 44.2 Å². The predicted molar refractivity (Wildman–Crippen MR) is 107 cm³/mol. The van der Waals surface area contributed by atoms with Gasteiger partial charge in [-0.2, -0.15) is 0 Å². The Labute approximate surface area is 168 Å². The average Bonchev–Trinajstić information content (AvgIpc) is 3.13. The molecule has 0 spiro atoms. The molecule has 0 fully saturated rings. The van der Waals surface area contributed by atoms with Crippen LogP contribution in [0.1, 0.15) is 34.3 Å². The van der Waals surface area contributed by atoms with E-state index in [1.807, 2.05) is 6.07 Å². The summed E-state index contributed by atoms with van der Waals surface area (Å²) in [7, 11) is 1.50. The number of amides is 1. The SMILES string of the molecule is COc1cnc(C(=O)N[C@](C)(C(=O)O)c2ccccc2C)c(-c2ccoc2C)c1. The van der Waals surface area contributed by atoms with Crippen molar-refractivity contribution < 1.29 is 23.8 Å². The van der Waals surface area contributed by atoms with E-state index in [9.17, 15) is 14.7 Å². The summed E-state index contributed by atoms with van der Waals surface area (Å²) in [5.41, 5.74) is 0.866. The number of carboxylic acids is 1. The number of benzene rings is 1. The summed E-state index contributed by atoms with van der Waals surface area (Å²) in [6, 6.07) is 10.4. The maximum Gasteiger partial charge on any atom is 0.333 e. The van der Waals surface area contributed by atoms with Crippen molar-refractivity contribution in [2.75, 3.05) is 7.11 Å². The van der Waals surface area contributed by atoms with Crippen LogP contribution < -0.4 is 10.1 Å². The third-order valence-corrected chi connectivity index (χ3v) is 4.94. The number of hydrogen-bond donors (Lipinski definition) is 2. The van der Waals surface area contributed by atoms with Gasteiger partial charge >= 0.3 is 5.97 Å². The summed E-state index contributed by atoms with van der Waals surface area (Å²) in [5.74, 6) is -0.711. The molecule has 0 aliphatic heterocycles. The van der Waals surface area contributed by atoms with Crippen LogP contribution in [-0.2, 0) is 10.3 Å². The number of aryl methyl sites for hydroxylation is 2. The van der Waals surface area contributed by atoms with E-state index in [4.69, 9.17) is 9.15 Å². The summed E-state index contributed by atoms with van der Waals surface area (Å²) >= 11 is 0. The van der Waals surface area contributed by atoms with Gasteiger partial charge in [0.1, 0.15) is 17.2 Å². The minimum Gasteiger partial charge on any atom is -0.495 e. The number of furan rings is 1. The zero-order chi connectivity index (χ0) is 21.2. The van der Waals surface area contributed by atoms with Crippen LogP contribution in [0, 0.1) is 13.8 Å². The Balaban J connectivity index is 2.07. The van der Waals surface area contributed by atoms with Crippen molar-refractivity contribution in [1.29, 1.82) is 0 Å². The summed E-state index contributed by atoms with van der Waals surface area (Å²) < 4.78 is 10.6. The van der Waals surface area contributed by atoms with Gasteiger partial charge in [0.15, 0.2) is 5.54 Å². The van der Waals surface area contributed by atoms with E-state index in [2.05, 4.69) is 10.3 Å². The Morgan fingerprint density at radius 2 is 1.90 bits per heavy atom. The van der Waals surface area contributed by atoms with E-state index in [0.29, 0.717) is 28.2 Å². The summed E-state index contributed by atoms with van der Waals surface area (Å²) in [4.78, 5) is 29.5. The van der Waals surface area contributed by atoms with Crippen molar-refractivity contribution in [3.8, 4) is 16.9 Å². The lowest BCUT2D eigenvalue weighted by Gasteiger charge is -2.28. The van der Waals surface area contributed by atoms with Crippen molar-refractivity contribution in [3.63, 3.8) is 0 Å². The Morgan fingerprint density at radius 3 is 2.48 bits per heavy atom. The molecule has 29 heavy (non-hydrogen) atoms. The number of carboxylic acid groups (broad SMARTS) is 1. The molecule has 1 atom stereocenters. The number of ether oxygens (including phenoxy) is 1. The van der Waals surface area contributed by atoms with Crippen molar-refractivity contribution in [3.05, 3.63) is 71.4 Å². The molecule has 150 valence electrons. The fraction of sp³-hybridized carbons (Fsp3) is 0.227. The molecule has 0 radical (unpaired) electrons. The average molecular weight is 394 g/mol. The molecule has 0 saturated heterocycles. The van der Waals surface area contributed by atoms with Crippen LogP contribution in [0.4, 0.5) is 0 Å². The van der Waals surface area contributed by atoms with E-state index < -0.39 is 17.4 Å². The lowest BCUT2D eigenvalue weighted by molar-refractivity contribution is -0.144. The monoisotopic (exact) mass is 394 g/mol. The molecule has 1 aromatic carbocycles. The van der Waals surface area contributed by atoms with Crippen molar-refractivity contribution in [1.82, 2.24) is 10.3 Å². The molecule has 0 unspecified atom stereocenters.